The predicted octanol–water partition coefficient (Wildman–Crippen LogP) is 2.55. The molecule has 100 valence electrons. The van der Waals surface area contributed by atoms with Crippen LogP contribution >= 0.6 is 0 Å². The number of amides is 1. The Labute approximate surface area is 113 Å². The predicted molar refractivity (Wildman–Crippen MR) is 77.8 cm³/mol. The number of nitrogens with zero attached hydrogens (tertiary/aromatic N) is 1. The van der Waals surface area contributed by atoms with Crippen LogP contribution in [0.5, 0.6) is 0 Å². The van der Waals surface area contributed by atoms with Crippen molar-refractivity contribution in [3.63, 3.8) is 0 Å². The number of rotatable bonds is 4. The molecule has 0 saturated carbocycles. The zero-order chi connectivity index (χ0) is 13.8. The summed E-state index contributed by atoms with van der Waals surface area (Å²) < 4.78 is 0. The van der Waals surface area contributed by atoms with Crippen molar-refractivity contribution in [2.24, 2.45) is 11.7 Å². The molecule has 1 heterocycles. The first-order chi connectivity index (χ1) is 9.08. The van der Waals surface area contributed by atoms with Crippen molar-refractivity contribution in [3.8, 4) is 0 Å². The molecule has 19 heavy (non-hydrogen) atoms. The van der Waals surface area contributed by atoms with E-state index in [-0.39, 0.29) is 5.91 Å². The first kappa shape index (κ1) is 13.5. The first-order valence-electron chi connectivity index (χ1n) is 6.47. The summed E-state index contributed by atoms with van der Waals surface area (Å²) in [4.78, 5) is 16.1. The summed E-state index contributed by atoms with van der Waals surface area (Å²) in [5, 5.41) is 4.87. The average Bonchev–Trinajstić information content (AvgIpc) is 2.38. The van der Waals surface area contributed by atoms with Gasteiger partial charge in [0.2, 0.25) is 5.91 Å². The van der Waals surface area contributed by atoms with E-state index in [9.17, 15) is 4.79 Å². The second-order valence-corrected chi connectivity index (χ2v) is 5.13. The number of pyridine rings is 1. The van der Waals surface area contributed by atoms with Crippen molar-refractivity contribution in [2.75, 3.05) is 5.32 Å². The van der Waals surface area contributed by atoms with Crippen LogP contribution in [0.1, 0.15) is 20.3 Å². The van der Waals surface area contributed by atoms with Gasteiger partial charge in [0.15, 0.2) is 0 Å². The summed E-state index contributed by atoms with van der Waals surface area (Å²) in [6.45, 7) is 4.10. The van der Waals surface area contributed by atoms with Crippen molar-refractivity contribution in [1.82, 2.24) is 4.98 Å². The molecule has 0 aliphatic heterocycles. The minimum atomic E-state index is -0.475. The lowest BCUT2D eigenvalue weighted by molar-refractivity contribution is -0.117. The molecule has 0 radical (unpaired) electrons. The number of nitrogens with two attached hydrogens (primary N) is 1. The number of carbonyl (C=O) groups is 1. The topological polar surface area (TPSA) is 68.0 Å². The summed E-state index contributed by atoms with van der Waals surface area (Å²) in [5.74, 6) is 0.260. The van der Waals surface area contributed by atoms with Gasteiger partial charge in [-0.3, -0.25) is 9.78 Å². The molecule has 0 bridgehead atoms. The molecule has 0 spiro atoms. The van der Waals surface area contributed by atoms with Crippen LogP contribution in [-0.2, 0) is 4.79 Å². The van der Waals surface area contributed by atoms with Gasteiger partial charge in [-0.2, -0.15) is 0 Å². The number of carbonyl (C=O) groups excluding carboxylic acids is 1. The van der Waals surface area contributed by atoms with Gasteiger partial charge in [0, 0.05) is 28.9 Å². The van der Waals surface area contributed by atoms with Crippen LogP contribution in [0, 0.1) is 5.92 Å². The molecule has 0 unspecified atom stereocenters. The van der Waals surface area contributed by atoms with Gasteiger partial charge in [-0.05, 0) is 24.5 Å². The molecular formula is C15H19N3O. The van der Waals surface area contributed by atoms with Crippen LogP contribution in [0.3, 0.4) is 0 Å². The highest BCUT2D eigenvalue weighted by Gasteiger charge is 2.15. The number of fused-ring (bicyclic) bond motifs is 1. The minimum Gasteiger partial charge on any atom is -0.324 e. The van der Waals surface area contributed by atoms with E-state index in [1.807, 2.05) is 24.3 Å². The number of hydrogen-bond acceptors (Lipinski definition) is 3. The molecule has 0 aliphatic rings. The third kappa shape index (κ3) is 3.29. The van der Waals surface area contributed by atoms with Crippen molar-refractivity contribution in [3.05, 3.63) is 36.7 Å². The van der Waals surface area contributed by atoms with Crippen LogP contribution in [0.2, 0.25) is 0 Å². The van der Waals surface area contributed by atoms with Gasteiger partial charge in [0.1, 0.15) is 0 Å². The molecule has 1 aromatic carbocycles. The Kier molecular flexibility index (Phi) is 4.12. The molecule has 1 amide bonds. The Morgan fingerprint density at radius 3 is 2.89 bits per heavy atom. The van der Waals surface area contributed by atoms with Crippen LogP contribution in [0.15, 0.2) is 36.7 Å². The van der Waals surface area contributed by atoms with Gasteiger partial charge in [-0.25, -0.2) is 0 Å². The largest absolute Gasteiger partial charge is 0.324 e. The highest BCUT2D eigenvalue weighted by molar-refractivity contribution is 6.03. The molecule has 2 rings (SSSR count). The third-order valence-corrected chi connectivity index (χ3v) is 3.00. The van der Waals surface area contributed by atoms with Gasteiger partial charge in [0.25, 0.3) is 0 Å². The maximum absolute atomic E-state index is 12.0. The Morgan fingerprint density at radius 2 is 2.16 bits per heavy atom. The zero-order valence-electron chi connectivity index (χ0n) is 11.3. The number of anilines is 1. The van der Waals surface area contributed by atoms with Gasteiger partial charge < -0.3 is 11.1 Å². The first-order valence-corrected chi connectivity index (χ1v) is 6.47. The summed E-state index contributed by atoms with van der Waals surface area (Å²) in [5.41, 5.74) is 6.67. The normalized spacial score (nSPS) is 12.6. The van der Waals surface area contributed by atoms with Crippen LogP contribution in [0.25, 0.3) is 10.8 Å². The van der Waals surface area contributed by atoms with Crippen LogP contribution < -0.4 is 11.1 Å². The van der Waals surface area contributed by atoms with Crippen molar-refractivity contribution < 1.29 is 4.79 Å². The maximum Gasteiger partial charge on any atom is 0.241 e. The Balaban J connectivity index is 2.19. The van der Waals surface area contributed by atoms with Gasteiger partial charge in [0.05, 0.1) is 6.04 Å². The van der Waals surface area contributed by atoms with E-state index in [0.29, 0.717) is 12.3 Å². The molecule has 0 saturated heterocycles. The molecule has 4 nitrogen and oxygen atoms in total. The molecule has 1 atom stereocenters. The van der Waals surface area contributed by atoms with E-state index in [4.69, 9.17) is 5.73 Å². The Hall–Kier alpha value is -1.94. The number of aromatic nitrogens is 1. The lowest BCUT2D eigenvalue weighted by Crippen LogP contribution is -2.36. The smallest absolute Gasteiger partial charge is 0.241 e. The Bertz CT molecular complexity index is 575. The summed E-state index contributed by atoms with van der Waals surface area (Å²) in [6, 6.07) is 7.15. The molecule has 0 aliphatic carbocycles. The SMILES string of the molecule is CC(C)C[C@H](N)C(=O)Nc1cccc2cnccc12. The van der Waals surface area contributed by atoms with E-state index < -0.39 is 6.04 Å². The number of hydrogen-bond donors (Lipinski definition) is 2. The average molecular weight is 257 g/mol. The summed E-state index contributed by atoms with van der Waals surface area (Å²) in [6.07, 6.45) is 4.17. The third-order valence-electron chi connectivity index (χ3n) is 3.00. The summed E-state index contributed by atoms with van der Waals surface area (Å²) in [7, 11) is 0. The van der Waals surface area contributed by atoms with E-state index in [1.54, 1.807) is 12.4 Å². The van der Waals surface area contributed by atoms with E-state index in [1.165, 1.54) is 0 Å². The van der Waals surface area contributed by atoms with Crippen molar-refractivity contribution in [1.29, 1.82) is 0 Å². The number of nitrogens with one attached hydrogen (secondary N) is 1. The maximum atomic E-state index is 12.0. The van der Waals surface area contributed by atoms with Crippen LogP contribution in [-0.4, -0.2) is 16.9 Å². The second-order valence-electron chi connectivity index (χ2n) is 5.13. The van der Waals surface area contributed by atoms with Gasteiger partial charge >= 0.3 is 0 Å². The van der Waals surface area contributed by atoms with Gasteiger partial charge in [-0.15, -0.1) is 0 Å². The van der Waals surface area contributed by atoms with E-state index in [2.05, 4.69) is 24.1 Å². The standard InChI is InChI=1S/C15H19N3O/c1-10(2)8-13(16)15(19)18-14-5-3-4-11-9-17-7-6-12(11)14/h3-7,9-10,13H,8,16H2,1-2H3,(H,18,19)/t13-/m0/s1. The number of benzene rings is 1. The van der Waals surface area contributed by atoms with Crippen molar-refractivity contribution >= 4 is 22.4 Å². The Morgan fingerprint density at radius 1 is 1.37 bits per heavy atom. The van der Waals surface area contributed by atoms with E-state index in [0.717, 1.165) is 16.5 Å². The fourth-order valence-corrected chi connectivity index (χ4v) is 2.07. The monoisotopic (exact) mass is 257 g/mol. The lowest BCUT2D eigenvalue weighted by Gasteiger charge is -2.15. The minimum absolute atomic E-state index is 0.141. The molecule has 0 fully saturated rings. The van der Waals surface area contributed by atoms with Gasteiger partial charge in [-0.1, -0.05) is 26.0 Å². The molecule has 4 heteroatoms. The van der Waals surface area contributed by atoms with Crippen LogP contribution in [0.4, 0.5) is 5.69 Å². The molecular weight excluding hydrogens is 238 g/mol. The zero-order valence-corrected chi connectivity index (χ0v) is 11.3. The van der Waals surface area contributed by atoms with E-state index >= 15 is 0 Å². The summed E-state index contributed by atoms with van der Waals surface area (Å²) >= 11 is 0. The fourth-order valence-electron chi connectivity index (χ4n) is 2.07. The van der Waals surface area contributed by atoms with Crippen molar-refractivity contribution in [2.45, 2.75) is 26.3 Å². The lowest BCUT2D eigenvalue weighted by atomic mass is 10.0. The highest BCUT2D eigenvalue weighted by atomic mass is 16.2. The molecule has 3 N–H and O–H groups in total. The molecule has 2 aromatic rings. The second kappa shape index (κ2) is 5.80. The quantitative estimate of drug-likeness (QED) is 0.884. The highest BCUT2D eigenvalue weighted by Crippen LogP contribution is 2.22. The fraction of sp³-hybridized carbons (Fsp3) is 0.333. The molecule has 1 aromatic heterocycles.